The summed E-state index contributed by atoms with van der Waals surface area (Å²) in [5, 5.41) is 2.70. The maximum Gasteiger partial charge on any atom is 0.264 e. The number of sulfonamides is 1. The average molecular weight is 568 g/mol. The van der Waals surface area contributed by atoms with Crippen LogP contribution in [0.1, 0.15) is 36.0 Å². The normalized spacial score (nSPS) is 15.2. The molecule has 0 saturated carbocycles. The van der Waals surface area contributed by atoms with Crippen LogP contribution in [0.5, 0.6) is 11.5 Å². The van der Waals surface area contributed by atoms with Gasteiger partial charge in [0.1, 0.15) is 25.6 Å². The van der Waals surface area contributed by atoms with Gasteiger partial charge in [-0.2, -0.15) is 0 Å². The summed E-state index contributed by atoms with van der Waals surface area (Å²) in [5.74, 6) is -0.873. The molecule has 0 radical (unpaired) electrons. The zero-order valence-corrected chi connectivity index (χ0v) is 22.7. The highest BCUT2D eigenvalue weighted by Gasteiger charge is 2.30. The summed E-state index contributed by atoms with van der Waals surface area (Å²) < 4.78 is 53.6. The molecule has 1 fully saturated rings. The van der Waals surface area contributed by atoms with Gasteiger partial charge in [-0.05, 0) is 55.3 Å². The molecule has 2 amide bonds. The smallest absolute Gasteiger partial charge is 0.264 e. The molecule has 1 N–H and O–H groups in total. The molecule has 210 valence electrons. The van der Waals surface area contributed by atoms with E-state index in [1.54, 1.807) is 29.2 Å². The molecular weight excluding hydrogens is 537 g/mol. The maximum atomic E-state index is 14.2. The van der Waals surface area contributed by atoms with Gasteiger partial charge in [0.2, 0.25) is 5.91 Å². The summed E-state index contributed by atoms with van der Waals surface area (Å²) in [6.07, 6.45) is 3.97. The summed E-state index contributed by atoms with van der Waals surface area (Å²) in [6, 6.07) is 15.8. The molecule has 11 heteroatoms. The van der Waals surface area contributed by atoms with E-state index in [0.29, 0.717) is 31.0 Å². The number of carbonyl (C=O) groups excluding carboxylic acids is 2. The second-order valence-electron chi connectivity index (χ2n) is 9.60. The Morgan fingerprint density at radius 2 is 1.60 bits per heavy atom. The van der Waals surface area contributed by atoms with Gasteiger partial charge in [0.15, 0.2) is 11.5 Å². The van der Waals surface area contributed by atoms with E-state index in [1.807, 2.05) is 0 Å². The topological polar surface area (TPSA) is 105 Å². The lowest BCUT2D eigenvalue weighted by Gasteiger charge is -2.26. The van der Waals surface area contributed by atoms with Crippen LogP contribution in [0.15, 0.2) is 71.6 Å². The Labute approximate surface area is 232 Å². The molecule has 2 aliphatic heterocycles. The minimum Gasteiger partial charge on any atom is -0.486 e. The van der Waals surface area contributed by atoms with E-state index in [0.717, 1.165) is 36.1 Å². The number of amides is 2. The number of halogens is 1. The molecule has 0 aromatic heterocycles. The van der Waals surface area contributed by atoms with E-state index < -0.39 is 28.3 Å². The van der Waals surface area contributed by atoms with E-state index in [9.17, 15) is 22.4 Å². The van der Waals surface area contributed by atoms with Crippen molar-refractivity contribution in [3.8, 4) is 11.5 Å². The highest BCUT2D eigenvalue weighted by atomic mass is 32.2. The number of hydrogen-bond acceptors (Lipinski definition) is 6. The number of para-hydroxylation sites is 1. The van der Waals surface area contributed by atoms with Gasteiger partial charge in [-0.25, -0.2) is 12.8 Å². The van der Waals surface area contributed by atoms with Crippen molar-refractivity contribution >= 4 is 33.2 Å². The standard InChI is InChI=1S/C29H30FN3O6S/c30-21-8-7-9-22(18-21)33(40(36,37)23-12-13-26-27(19-23)39-17-16-38-26)20-28(34)31-25-11-4-3-10-24(25)29(35)32-14-5-1-2-6-15-32/h3-4,7-13,18-19H,1-2,5-6,14-17,20H2,(H,31,34). The zero-order valence-electron chi connectivity index (χ0n) is 21.8. The molecular formula is C29H30FN3O6S. The lowest BCUT2D eigenvalue weighted by Crippen LogP contribution is -2.38. The Morgan fingerprint density at radius 3 is 2.35 bits per heavy atom. The number of likely N-dealkylation sites (tertiary alicyclic amines) is 1. The summed E-state index contributed by atoms with van der Waals surface area (Å²) in [7, 11) is -4.34. The molecule has 9 nitrogen and oxygen atoms in total. The first-order valence-electron chi connectivity index (χ1n) is 13.2. The van der Waals surface area contributed by atoms with Crippen LogP contribution in [-0.2, 0) is 14.8 Å². The molecule has 3 aromatic rings. The Bertz CT molecular complexity index is 1510. The van der Waals surface area contributed by atoms with Crippen LogP contribution in [0.3, 0.4) is 0 Å². The molecule has 0 bridgehead atoms. The van der Waals surface area contributed by atoms with Crippen LogP contribution in [0, 0.1) is 5.82 Å². The third-order valence-electron chi connectivity index (χ3n) is 6.81. The number of benzene rings is 3. The lowest BCUT2D eigenvalue weighted by molar-refractivity contribution is -0.114. The molecule has 5 rings (SSSR count). The SMILES string of the molecule is O=C(CN(c1cccc(F)c1)S(=O)(=O)c1ccc2c(c1)OCCO2)Nc1ccccc1C(=O)N1CCCCCC1. The summed E-state index contributed by atoms with van der Waals surface area (Å²) >= 11 is 0. The quantitative estimate of drug-likeness (QED) is 0.453. The van der Waals surface area contributed by atoms with Crippen molar-refractivity contribution in [2.45, 2.75) is 30.6 Å². The Morgan fingerprint density at radius 1 is 0.875 bits per heavy atom. The van der Waals surface area contributed by atoms with Crippen LogP contribution < -0.4 is 19.1 Å². The van der Waals surface area contributed by atoms with Crippen molar-refractivity contribution in [2.75, 3.05) is 42.5 Å². The predicted octanol–water partition coefficient (Wildman–Crippen LogP) is 4.45. The predicted molar refractivity (Wildman–Crippen MR) is 148 cm³/mol. The van der Waals surface area contributed by atoms with Crippen molar-refractivity contribution in [2.24, 2.45) is 0 Å². The van der Waals surface area contributed by atoms with Gasteiger partial charge in [0.05, 0.1) is 21.8 Å². The van der Waals surface area contributed by atoms with E-state index >= 15 is 0 Å². The number of ether oxygens (including phenoxy) is 2. The van der Waals surface area contributed by atoms with E-state index in [-0.39, 0.29) is 34.5 Å². The highest BCUT2D eigenvalue weighted by Crippen LogP contribution is 2.34. The number of rotatable bonds is 7. The molecule has 2 aliphatic rings. The minimum absolute atomic E-state index is 0.0287. The van der Waals surface area contributed by atoms with E-state index in [2.05, 4.69) is 5.32 Å². The fourth-order valence-corrected chi connectivity index (χ4v) is 6.23. The molecule has 40 heavy (non-hydrogen) atoms. The fourth-order valence-electron chi connectivity index (χ4n) is 4.80. The molecule has 0 spiro atoms. The van der Waals surface area contributed by atoms with Crippen LogP contribution in [-0.4, -0.2) is 58.0 Å². The zero-order chi connectivity index (χ0) is 28.1. The van der Waals surface area contributed by atoms with E-state index in [1.165, 1.54) is 36.4 Å². The van der Waals surface area contributed by atoms with Gasteiger partial charge < -0.3 is 19.7 Å². The second-order valence-corrected chi connectivity index (χ2v) is 11.5. The molecule has 1 saturated heterocycles. The van der Waals surface area contributed by atoms with Crippen molar-refractivity contribution in [3.63, 3.8) is 0 Å². The number of nitrogens with zero attached hydrogens (tertiary/aromatic N) is 2. The van der Waals surface area contributed by atoms with Crippen LogP contribution >= 0.6 is 0 Å². The maximum absolute atomic E-state index is 14.2. The van der Waals surface area contributed by atoms with Crippen LogP contribution in [0.2, 0.25) is 0 Å². The highest BCUT2D eigenvalue weighted by molar-refractivity contribution is 7.92. The van der Waals surface area contributed by atoms with Gasteiger partial charge in [-0.3, -0.25) is 13.9 Å². The van der Waals surface area contributed by atoms with Crippen molar-refractivity contribution in [1.29, 1.82) is 0 Å². The average Bonchev–Trinajstić information content (AvgIpc) is 3.25. The van der Waals surface area contributed by atoms with Crippen molar-refractivity contribution in [1.82, 2.24) is 4.90 Å². The molecule has 3 aromatic carbocycles. The van der Waals surface area contributed by atoms with Gasteiger partial charge >= 0.3 is 0 Å². The third-order valence-corrected chi connectivity index (χ3v) is 8.58. The molecule has 0 aliphatic carbocycles. The van der Waals surface area contributed by atoms with Crippen LogP contribution in [0.4, 0.5) is 15.8 Å². The Hall–Kier alpha value is -4.12. The number of fused-ring (bicyclic) bond motifs is 1. The first-order valence-corrected chi connectivity index (χ1v) is 14.6. The lowest BCUT2D eigenvalue weighted by atomic mass is 10.1. The number of hydrogen-bond donors (Lipinski definition) is 1. The number of anilines is 2. The summed E-state index contributed by atoms with van der Waals surface area (Å²) in [6.45, 7) is 1.23. The first-order chi connectivity index (χ1) is 19.3. The minimum atomic E-state index is -4.34. The summed E-state index contributed by atoms with van der Waals surface area (Å²) in [4.78, 5) is 28.3. The van der Waals surface area contributed by atoms with Gasteiger partial charge in [-0.15, -0.1) is 0 Å². The fraction of sp³-hybridized carbons (Fsp3) is 0.310. The monoisotopic (exact) mass is 567 g/mol. The molecule has 0 atom stereocenters. The van der Waals surface area contributed by atoms with Crippen molar-refractivity contribution in [3.05, 3.63) is 78.1 Å². The number of nitrogens with one attached hydrogen (secondary N) is 1. The molecule has 0 unspecified atom stereocenters. The van der Waals surface area contributed by atoms with Gasteiger partial charge in [0, 0.05) is 19.2 Å². The van der Waals surface area contributed by atoms with E-state index in [4.69, 9.17) is 9.47 Å². The third kappa shape index (κ3) is 6.04. The Balaban J connectivity index is 1.42. The summed E-state index contributed by atoms with van der Waals surface area (Å²) in [5.41, 5.74) is 0.571. The number of carbonyl (C=O) groups is 2. The molecule has 2 heterocycles. The van der Waals surface area contributed by atoms with Gasteiger partial charge in [-0.1, -0.05) is 31.0 Å². The van der Waals surface area contributed by atoms with Crippen molar-refractivity contribution < 1.29 is 31.9 Å². The first kappa shape index (κ1) is 27.4. The van der Waals surface area contributed by atoms with Crippen LogP contribution in [0.25, 0.3) is 0 Å². The Kier molecular flexibility index (Phi) is 8.20. The van der Waals surface area contributed by atoms with Gasteiger partial charge in [0.25, 0.3) is 15.9 Å². The second kappa shape index (κ2) is 12.0. The largest absolute Gasteiger partial charge is 0.486 e.